The van der Waals surface area contributed by atoms with Crippen LogP contribution in [0.3, 0.4) is 0 Å². The van der Waals surface area contributed by atoms with Crippen molar-refractivity contribution in [3.8, 4) is 0 Å². The fraction of sp³-hybridized carbons (Fsp3) is 0.682. The van der Waals surface area contributed by atoms with E-state index in [2.05, 4.69) is 5.32 Å². The van der Waals surface area contributed by atoms with E-state index >= 15 is 0 Å². The zero-order valence-corrected chi connectivity index (χ0v) is 22.3. The Labute approximate surface area is 217 Å². The molecule has 1 saturated heterocycles. The van der Waals surface area contributed by atoms with E-state index < -0.39 is 89.3 Å². The molecule has 1 fully saturated rings. The third-order valence-corrected chi connectivity index (χ3v) is 5.85. The van der Waals surface area contributed by atoms with E-state index in [1.54, 1.807) is 0 Å². The second-order valence-corrected chi connectivity index (χ2v) is 9.46. The number of hydrogen-bond donors (Lipinski definition) is 1. The van der Waals surface area contributed by atoms with Crippen LogP contribution in [0, 0.1) is 0 Å². The molecule has 0 aromatic heterocycles. The Morgan fingerprint density at radius 2 is 1.51 bits per heavy atom. The first-order chi connectivity index (χ1) is 17.1. The minimum atomic E-state index is -2.12. The van der Waals surface area contributed by atoms with Crippen LogP contribution < -0.4 is 5.32 Å². The van der Waals surface area contributed by atoms with Gasteiger partial charge < -0.3 is 33.7 Å². The molecule has 0 bridgehead atoms. The number of esters is 5. The fourth-order valence-electron chi connectivity index (χ4n) is 3.74. The molecule has 1 heterocycles. The average Bonchev–Trinajstić information content (AvgIpc) is 2.74. The highest BCUT2D eigenvalue weighted by Crippen LogP contribution is 2.43. The zero-order valence-electron chi connectivity index (χ0n) is 21.5. The summed E-state index contributed by atoms with van der Waals surface area (Å²) in [6.07, 6.45) is -6.47. The summed E-state index contributed by atoms with van der Waals surface area (Å²) in [4.78, 5) is 82.4. The Bertz CT molecular complexity index is 922. The summed E-state index contributed by atoms with van der Waals surface area (Å²) in [7, 11) is 1.04. The highest BCUT2D eigenvalue weighted by molar-refractivity contribution is 8.15. The van der Waals surface area contributed by atoms with Gasteiger partial charge in [-0.1, -0.05) is 0 Å². The first-order valence-corrected chi connectivity index (χ1v) is 11.8. The second-order valence-electron chi connectivity index (χ2n) is 8.02. The number of carbonyl (C=O) groups excluding carboxylic acids is 7. The SMILES string of the molecule is COC(=O)[C@@]1(SC(C)=O)C[C@H](OC(C)=O)[C@@H](NC(C)=O)[C@H]([C@@H](OC(C)=O)[C@@H](COC(C)=O)OC(C)=O)O1. The predicted octanol–water partition coefficient (Wildman–Crippen LogP) is -0.213. The van der Waals surface area contributed by atoms with Crippen LogP contribution >= 0.6 is 11.8 Å². The second kappa shape index (κ2) is 13.9. The van der Waals surface area contributed by atoms with Crippen molar-refractivity contribution in [3.63, 3.8) is 0 Å². The van der Waals surface area contributed by atoms with Crippen LogP contribution in [0.15, 0.2) is 0 Å². The molecule has 1 rings (SSSR count). The van der Waals surface area contributed by atoms with Gasteiger partial charge >= 0.3 is 29.8 Å². The number of hydrogen-bond acceptors (Lipinski definition) is 14. The van der Waals surface area contributed by atoms with Crippen LogP contribution in [-0.2, 0) is 62.0 Å². The molecule has 15 heteroatoms. The van der Waals surface area contributed by atoms with E-state index in [0.717, 1.165) is 48.7 Å². The predicted molar refractivity (Wildman–Crippen MR) is 123 cm³/mol. The molecule has 208 valence electrons. The van der Waals surface area contributed by atoms with E-state index in [0.29, 0.717) is 11.8 Å². The van der Waals surface area contributed by atoms with E-state index in [1.165, 1.54) is 0 Å². The molecular weight excluding hydrogens is 518 g/mol. The first-order valence-electron chi connectivity index (χ1n) is 11.0. The van der Waals surface area contributed by atoms with Gasteiger partial charge in [-0.2, -0.15) is 0 Å². The van der Waals surface area contributed by atoms with Crippen molar-refractivity contribution in [1.29, 1.82) is 0 Å². The Balaban J connectivity index is 3.83. The van der Waals surface area contributed by atoms with Crippen LogP contribution in [0.4, 0.5) is 0 Å². The molecule has 0 aromatic carbocycles. The van der Waals surface area contributed by atoms with Crippen LogP contribution in [0.5, 0.6) is 0 Å². The average molecular weight is 550 g/mol. The van der Waals surface area contributed by atoms with E-state index in [9.17, 15) is 33.6 Å². The van der Waals surface area contributed by atoms with Crippen molar-refractivity contribution in [1.82, 2.24) is 5.32 Å². The Hall–Kier alpha value is -3.20. The largest absolute Gasteiger partial charge is 0.466 e. The molecule has 1 amide bonds. The molecule has 1 aliphatic rings. The lowest BCUT2D eigenvalue weighted by Crippen LogP contribution is -2.68. The number of methoxy groups -OCH3 is 1. The Morgan fingerprint density at radius 3 is 1.95 bits per heavy atom. The van der Waals surface area contributed by atoms with Gasteiger partial charge in [0, 0.05) is 48.0 Å². The lowest BCUT2D eigenvalue weighted by molar-refractivity contribution is -0.224. The highest BCUT2D eigenvalue weighted by Gasteiger charge is 2.59. The van der Waals surface area contributed by atoms with Gasteiger partial charge in [0.1, 0.15) is 18.8 Å². The Morgan fingerprint density at radius 1 is 0.919 bits per heavy atom. The van der Waals surface area contributed by atoms with Gasteiger partial charge in [0.15, 0.2) is 17.3 Å². The van der Waals surface area contributed by atoms with Gasteiger partial charge in [0.05, 0.1) is 13.2 Å². The van der Waals surface area contributed by atoms with Crippen LogP contribution in [0.2, 0.25) is 0 Å². The summed E-state index contributed by atoms with van der Waals surface area (Å²) in [5, 5.41) is 1.96. The van der Waals surface area contributed by atoms with Crippen molar-refractivity contribution in [3.05, 3.63) is 0 Å². The van der Waals surface area contributed by atoms with E-state index in [1.807, 2.05) is 0 Å². The van der Waals surface area contributed by atoms with E-state index in [-0.39, 0.29) is 0 Å². The number of rotatable bonds is 10. The van der Waals surface area contributed by atoms with Crippen molar-refractivity contribution in [2.24, 2.45) is 0 Å². The zero-order chi connectivity index (χ0) is 28.5. The Kier molecular flexibility index (Phi) is 12.0. The molecule has 1 aliphatic heterocycles. The normalized spacial score (nSPS) is 24.5. The standard InChI is InChI=1S/C22H31NO13S/c1-10(24)23-18-16(33-12(3)26)8-22(21(30)31-7,37-15(6)29)36-20(18)19(35-14(5)28)17(34-13(4)27)9-32-11(2)25/h16-20H,8-9H2,1-7H3,(H,23,24)/t16-,17+,18+,19-,20+,22-/m0/s1. The number of ether oxygens (including phenoxy) is 6. The van der Waals surface area contributed by atoms with Crippen LogP contribution in [0.25, 0.3) is 0 Å². The third kappa shape index (κ3) is 9.64. The molecule has 0 unspecified atom stereocenters. The fourth-order valence-corrected chi connectivity index (χ4v) is 4.77. The quantitative estimate of drug-likeness (QED) is 0.278. The highest BCUT2D eigenvalue weighted by atomic mass is 32.2. The minimum absolute atomic E-state index is 0.418. The lowest BCUT2D eigenvalue weighted by Gasteiger charge is -2.48. The lowest BCUT2D eigenvalue weighted by atomic mass is 9.89. The van der Waals surface area contributed by atoms with Crippen molar-refractivity contribution in [2.75, 3.05) is 13.7 Å². The van der Waals surface area contributed by atoms with Gasteiger partial charge in [-0.05, 0) is 11.8 Å². The maximum atomic E-state index is 12.9. The molecule has 6 atom stereocenters. The summed E-state index contributed by atoms with van der Waals surface area (Å²) in [6.45, 7) is 5.94. The number of thioether (sulfide) groups is 1. The first kappa shape index (κ1) is 31.8. The van der Waals surface area contributed by atoms with Gasteiger partial charge in [0.25, 0.3) is 0 Å². The van der Waals surface area contributed by atoms with E-state index in [4.69, 9.17) is 28.4 Å². The maximum absolute atomic E-state index is 12.9. The van der Waals surface area contributed by atoms with Crippen molar-refractivity contribution in [2.45, 2.75) is 83.4 Å². The van der Waals surface area contributed by atoms with Gasteiger partial charge in [-0.25, -0.2) is 4.79 Å². The topological polar surface area (TPSA) is 187 Å². The summed E-state index contributed by atoms with van der Waals surface area (Å²) < 4.78 is 31.9. The summed E-state index contributed by atoms with van der Waals surface area (Å²) in [5.74, 6) is -4.96. The molecule has 0 aromatic rings. The monoisotopic (exact) mass is 549 g/mol. The number of amides is 1. The van der Waals surface area contributed by atoms with Gasteiger partial charge in [-0.3, -0.25) is 28.8 Å². The molecule has 0 radical (unpaired) electrons. The molecular formula is C22H31NO13S. The summed E-state index contributed by atoms with van der Waals surface area (Å²) >= 11 is 0.418. The van der Waals surface area contributed by atoms with Crippen molar-refractivity contribution < 1.29 is 62.0 Å². The van der Waals surface area contributed by atoms with Crippen LogP contribution in [0.1, 0.15) is 48.0 Å². The molecule has 0 saturated carbocycles. The molecule has 14 nitrogen and oxygen atoms in total. The van der Waals surface area contributed by atoms with Crippen molar-refractivity contribution >= 4 is 52.6 Å². The molecule has 1 N–H and O–H groups in total. The third-order valence-electron chi connectivity index (χ3n) is 4.80. The molecule has 0 aliphatic carbocycles. The van der Waals surface area contributed by atoms with Gasteiger partial charge in [0.2, 0.25) is 10.8 Å². The smallest absolute Gasteiger partial charge is 0.349 e. The molecule has 0 spiro atoms. The van der Waals surface area contributed by atoms with Gasteiger partial charge in [-0.15, -0.1) is 0 Å². The number of nitrogens with one attached hydrogen (secondary N) is 1. The summed E-state index contributed by atoms with van der Waals surface area (Å²) in [6, 6.07) is -1.29. The maximum Gasteiger partial charge on any atom is 0.349 e. The van der Waals surface area contributed by atoms with Crippen LogP contribution in [-0.4, -0.2) is 90.0 Å². The minimum Gasteiger partial charge on any atom is -0.466 e. The molecule has 37 heavy (non-hydrogen) atoms. The number of carbonyl (C=O) groups is 7. The summed E-state index contributed by atoms with van der Waals surface area (Å²) in [5.41, 5.74) is 0.